The van der Waals surface area contributed by atoms with Gasteiger partial charge in [-0.05, 0) is 54.6 Å². The molecule has 0 radical (unpaired) electrons. The number of benzene rings is 4. The van der Waals surface area contributed by atoms with Gasteiger partial charge in [0.1, 0.15) is 0 Å². The molecule has 4 rings (SSSR count). The van der Waals surface area contributed by atoms with Crippen molar-refractivity contribution >= 4 is 65.5 Å². The van der Waals surface area contributed by atoms with Crippen molar-refractivity contribution < 1.29 is 39.9 Å². The maximum absolute atomic E-state index is 12.6. The van der Waals surface area contributed by atoms with E-state index in [1.807, 2.05) is 0 Å². The van der Waals surface area contributed by atoms with Gasteiger partial charge in [0.2, 0.25) is 0 Å². The van der Waals surface area contributed by atoms with Gasteiger partial charge in [0.25, 0.3) is 21.4 Å². The molecule has 0 aliphatic heterocycles. The van der Waals surface area contributed by atoms with E-state index in [9.17, 15) is 50.2 Å². The molecule has 0 unspecified atom stereocenters. The molecule has 0 saturated heterocycles. The molecule has 14 nitrogen and oxygen atoms in total. The van der Waals surface area contributed by atoms with Crippen LogP contribution in [0.15, 0.2) is 95.9 Å². The largest absolute Gasteiger partial charge is 0.512 e. The van der Waals surface area contributed by atoms with Crippen LogP contribution in [0.2, 0.25) is 0 Å². The molecule has 0 aromatic heterocycles. The first kappa shape index (κ1) is 31.7. The topological polar surface area (TPSA) is 203 Å². The molecule has 44 heavy (non-hydrogen) atoms. The third kappa shape index (κ3) is 7.76. The Balaban J connectivity index is 1.64. The second kappa shape index (κ2) is 12.1. The van der Waals surface area contributed by atoms with Gasteiger partial charge >= 0.3 is 15.5 Å². The van der Waals surface area contributed by atoms with E-state index in [1.165, 1.54) is 48.5 Å². The number of nitrogens with one attached hydrogen (secondary N) is 4. The number of non-ortho nitro benzene ring substituents is 2. The molecule has 4 N–H and O–H groups in total. The Morgan fingerprint density at radius 1 is 0.568 bits per heavy atom. The summed E-state index contributed by atoms with van der Waals surface area (Å²) in [7, 11) is -11.3. The zero-order chi connectivity index (χ0) is 32.3. The van der Waals surface area contributed by atoms with Crippen LogP contribution in [0.1, 0.15) is 0 Å². The van der Waals surface area contributed by atoms with Gasteiger partial charge in [-0.2, -0.15) is 13.2 Å². The lowest BCUT2D eigenvalue weighted by Gasteiger charge is -2.15. The van der Waals surface area contributed by atoms with Crippen LogP contribution in [0.5, 0.6) is 0 Å². The molecule has 19 heteroatoms. The average Bonchev–Trinajstić information content (AvgIpc) is 2.92. The summed E-state index contributed by atoms with van der Waals surface area (Å²) in [6.07, 6.45) is 0. The van der Waals surface area contributed by atoms with E-state index < -0.39 is 40.3 Å². The molecule has 0 heterocycles. The minimum absolute atomic E-state index is 0.174. The van der Waals surface area contributed by atoms with E-state index >= 15 is 0 Å². The normalized spacial score (nSPS) is 11.9. The first-order chi connectivity index (χ1) is 20.5. The fourth-order valence-electron chi connectivity index (χ4n) is 3.70. The molecule has 0 amide bonds. The predicted molar refractivity (Wildman–Crippen MR) is 154 cm³/mol. The number of sulfonamides is 2. The summed E-state index contributed by atoms with van der Waals surface area (Å²) < 4.78 is 85.6. The van der Waals surface area contributed by atoms with Gasteiger partial charge < -0.3 is 16.0 Å². The lowest BCUT2D eigenvalue weighted by atomic mass is 10.2. The molecule has 0 aliphatic carbocycles. The number of nitro groups is 2. The van der Waals surface area contributed by atoms with Crippen molar-refractivity contribution in [3.05, 3.63) is 111 Å². The molecule has 230 valence electrons. The van der Waals surface area contributed by atoms with E-state index in [4.69, 9.17) is 0 Å². The Hall–Kier alpha value is -5.27. The Morgan fingerprint density at radius 3 is 1.36 bits per heavy atom. The summed E-state index contributed by atoms with van der Waals surface area (Å²) in [5.74, 6) is 0. The van der Waals surface area contributed by atoms with Crippen LogP contribution >= 0.6 is 0 Å². The smallest absolute Gasteiger partial charge is 0.355 e. The first-order valence-electron chi connectivity index (χ1n) is 11.9. The molecular weight excluding hydrogens is 633 g/mol. The number of rotatable bonds is 11. The molecule has 4 aromatic rings. The van der Waals surface area contributed by atoms with E-state index in [-0.39, 0.29) is 17.1 Å². The van der Waals surface area contributed by atoms with Crippen molar-refractivity contribution in [1.29, 1.82) is 0 Å². The first-order valence-corrected chi connectivity index (χ1v) is 14.9. The number of hydrogen-bond acceptors (Lipinski definition) is 11. The van der Waals surface area contributed by atoms with Gasteiger partial charge in [0, 0.05) is 58.4 Å². The molecule has 4 aromatic carbocycles. The highest BCUT2D eigenvalue weighted by Gasteiger charge is 2.48. The third-order valence-corrected chi connectivity index (χ3v) is 8.86. The van der Waals surface area contributed by atoms with Crippen molar-refractivity contribution in [1.82, 2.24) is 4.13 Å². The average molecular weight is 653 g/mol. The van der Waals surface area contributed by atoms with Gasteiger partial charge in [0.15, 0.2) is 0 Å². The number of hydrogen-bond donors (Lipinski definition) is 4. The van der Waals surface area contributed by atoms with Crippen LogP contribution in [-0.4, -0.2) is 32.2 Å². The number of nitrogens with zero attached hydrogens (tertiary/aromatic N) is 2. The van der Waals surface area contributed by atoms with Crippen LogP contribution in [-0.2, 0) is 20.0 Å². The molecule has 0 bridgehead atoms. The fraction of sp³-hybridized carbons (Fsp3) is 0.0400. The maximum atomic E-state index is 12.6. The number of nitro benzene ring substituents is 2. The highest BCUT2D eigenvalue weighted by atomic mass is 32.3. The van der Waals surface area contributed by atoms with E-state index in [2.05, 4.69) is 16.0 Å². The molecule has 0 fully saturated rings. The Morgan fingerprint density at radius 2 is 0.977 bits per heavy atom. The summed E-state index contributed by atoms with van der Waals surface area (Å²) >= 11 is 0. The zero-order valence-electron chi connectivity index (χ0n) is 21.8. The summed E-state index contributed by atoms with van der Waals surface area (Å²) in [5, 5.41) is 31.4. The van der Waals surface area contributed by atoms with Crippen LogP contribution in [0.25, 0.3) is 0 Å². The molecule has 0 saturated carbocycles. The van der Waals surface area contributed by atoms with E-state index in [0.717, 1.165) is 12.1 Å². The summed E-state index contributed by atoms with van der Waals surface area (Å²) in [6, 6.07) is 20.1. The van der Waals surface area contributed by atoms with Crippen LogP contribution < -0.4 is 20.1 Å². The molecule has 0 aliphatic rings. The molecule has 0 atom stereocenters. The van der Waals surface area contributed by atoms with E-state index in [0.29, 0.717) is 32.6 Å². The zero-order valence-corrected chi connectivity index (χ0v) is 23.4. The van der Waals surface area contributed by atoms with Crippen LogP contribution in [0, 0.1) is 20.2 Å². The quantitative estimate of drug-likeness (QED) is 0.112. The highest BCUT2D eigenvalue weighted by Crippen LogP contribution is 2.32. The van der Waals surface area contributed by atoms with Gasteiger partial charge in [-0.15, -0.1) is 0 Å². The van der Waals surface area contributed by atoms with Gasteiger partial charge in [-0.25, -0.2) is 16.8 Å². The second-order valence-electron chi connectivity index (χ2n) is 8.85. The summed E-state index contributed by atoms with van der Waals surface area (Å²) in [4.78, 5) is 20.5. The minimum atomic E-state index is -6.18. The number of anilines is 6. The third-order valence-electron chi connectivity index (χ3n) is 5.60. The number of alkyl halides is 3. The highest BCUT2D eigenvalue weighted by molar-refractivity contribution is 8.05. The Kier molecular flexibility index (Phi) is 8.74. The minimum Gasteiger partial charge on any atom is -0.355 e. The van der Waals surface area contributed by atoms with Crippen molar-refractivity contribution in [2.75, 3.05) is 16.0 Å². The summed E-state index contributed by atoms with van der Waals surface area (Å²) in [6.45, 7) is 0. The Bertz CT molecular complexity index is 1880. The molecular formula is C25H19F3N6O8S2. The van der Waals surface area contributed by atoms with Gasteiger partial charge in [-0.3, -0.25) is 20.2 Å². The lowest BCUT2D eigenvalue weighted by Crippen LogP contribution is -2.40. The Labute approximate surface area is 246 Å². The standard InChI is InChI=1S/C25H19F3N6O8S2/c26-25(27,28)44(41,42)32-43(39,40)24-9-7-16(8-10-24)29-19-11-20(30-17-3-1-5-22(14-17)33(35)36)13-21(12-19)31-18-4-2-6-23(15-18)34(37)38/h1-15,29-32H. The number of halogens is 3. The monoisotopic (exact) mass is 652 g/mol. The van der Waals surface area contributed by atoms with Gasteiger partial charge in [0.05, 0.1) is 14.7 Å². The lowest BCUT2D eigenvalue weighted by molar-refractivity contribution is -0.385. The van der Waals surface area contributed by atoms with Crippen LogP contribution in [0.3, 0.4) is 0 Å². The second-order valence-corrected chi connectivity index (χ2v) is 12.5. The van der Waals surface area contributed by atoms with Crippen molar-refractivity contribution in [2.45, 2.75) is 10.4 Å². The maximum Gasteiger partial charge on any atom is 0.512 e. The van der Waals surface area contributed by atoms with Crippen LogP contribution in [0.4, 0.5) is 58.7 Å². The molecule has 0 spiro atoms. The SMILES string of the molecule is O=[N+]([O-])c1cccc(Nc2cc(Nc3ccc(S(=O)(=O)NS(=O)(=O)C(F)(F)F)cc3)cc(Nc3cccc([N+](=O)[O-])c3)c2)c1. The predicted octanol–water partition coefficient (Wildman–Crippen LogP) is 5.86. The fourth-order valence-corrected chi connectivity index (χ4v) is 6.11. The van der Waals surface area contributed by atoms with E-state index in [1.54, 1.807) is 30.3 Å². The van der Waals surface area contributed by atoms with Crippen molar-refractivity contribution in [2.24, 2.45) is 0 Å². The summed E-state index contributed by atoms with van der Waals surface area (Å²) in [5.41, 5.74) is -4.12. The van der Waals surface area contributed by atoms with Gasteiger partial charge in [-0.1, -0.05) is 16.3 Å². The van der Waals surface area contributed by atoms with Crippen molar-refractivity contribution in [3.63, 3.8) is 0 Å². The van der Waals surface area contributed by atoms with Crippen molar-refractivity contribution in [3.8, 4) is 0 Å².